The predicted molar refractivity (Wildman–Crippen MR) is 271 cm³/mol. The van der Waals surface area contributed by atoms with E-state index in [1.165, 1.54) is 77.0 Å². The van der Waals surface area contributed by atoms with Crippen molar-refractivity contribution in [1.29, 1.82) is 0 Å². The molecule has 0 radical (unpaired) electrons. The number of aromatic nitrogens is 3. The molecule has 0 bridgehead atoms. The van der Waals surface area contributed by atoms with Gasteiger partial charge in [0.25, 0.3) is 0 Å². The first-order chi connectivity index (χ1) is 33.5. The van der Waals surface area contributed by atoms with Crippen LogP contribution >= 0.6 is 0 Å². The third kappa shape index (κ3) is 10.1. The maximum atomic E-state index is 13.2. The molecule has 6 aliphatic rings. The molecule has 6 atom stereocenters. The van der Waals surface area contributed by atoms with Gasteiger partial charge < -0.3 is 5.32 Å². The van der Waals surface area contributed by atoms with Crippen molar-refractivity contribution in [1.82, 2.24) is 33.2 Å². The molecule has 6 aromatic rings. The standard InChI is InChI=1S/2C18H22N2O2S.C17H21N3O2S/c2*21-23(22,18-8-4-7-14-11-19-10-9-17(14)18)20-12-15-5-2-1-3-6-16(15)13-20;21-23(22,17-6-3-5-13-10-18-9-7-15(13)17)20-11-14-4-1-2-8-19-16(14)12-20/h2*4,7-11,15-16H,1-3,5-6,12-13H2;3,5-7,9-10,14,16,19H,1-2,4,8,11-12H2. The highest BCUT2D eigenvalue weighted by atomic mass is 32.2. The Balaban J connectivity index is 0.000000120. The Morgan fingerprint density at radius 3 is 1.12 bits per heavy atom. The van der Waals surface area contributed by atoms with Crippen molar-refractivity contribution in [2.45, 2.75) is 104 Å². The van der Waals surface area contributed by atoms with Crippen molar-refractivity contribution in [3.63, 3.8) is 0 Å². The van der Waals surface area contributed by atoms with Crippen LogP contribution in [0.4, 0.5) is 0 Å². The predicted octanol–water partition coefficient (Wildman–Crippen LogP) is 8.87. The van der Waals surface area contributed by atoms with E-state index in [0.717, 1.165) is 45.3 Å². The van der Waals surface area contributed by atoms with Gasteiger partial charge in [-0.25, -0.2) is 25.3 Å². The zero-order chi connectivity index (χ0) is 47.6. The molecule has 16 heteroatoms. The lowest BCUT2D eigenvalue weighted by Crippen LogP contribution is -2.36. The van der Waals surface area contributed by atoms with E-state index >= 15 is 0 Å². The van der Waals surface area contributed by atoms with Crippen molar-refractivity contribution >= 4 is 62.4 Å². The van der Waals surface area contributed by atoms with E-state index in [1.54, 1.807) is 92.6 Å². The number of hydrogen-bond donors (Lipinski definition) is 1. The van der Waals surface area contributed by atoms with Crippen molar-refractivity contribution in [3.8, 4) is 0 Å². The van der Waals surface area contributed by atoms with Gasteiger partial charge in [-0.2, -0.15) is 12.9 Å². The molecule has 4 aliphatic heterocycles. The van der Waals surface area contributed by atoms with Crippen LogP contribution in [0.15, 0.2) is 125 Å². The summed E-state index contributed by atoms with van der Waals surface area (Å²) in [5.41, 5.74) is 0. The largest absolute Gasteiger partial charge is 0.312 e. The number of benzene rings is 3. The molecule has 0 spiro atoms. The summed E-state index contributed by atoms with van der Waals surface area (Å²) in [7, 11) is -10.3. The summed E-state index contributed by atoms with van der Waals surface area (Å²) in [6.07, 6.45) is 25.9. The highest BCUT2D eigenvalue weighted by Crippen LogP contribution is 2.40. The van der Waals surface area contributed by atoms with Crippen LogP contribution in [-0.2, 0) is 30.1 Å². The van der Waals surface area contributed by atoms with Crippen LogP contribution in [0.2, 0.25) is 0 Å². The first-order valence-corrected chi connectivity index (χ1v) is 29.5. The number of rotatable bonds is 6. The van der Waals surface area contributed by atoms with Crippen LogP contribution in [0.5, 0.6) is 0 Å². The molecule has 1 N–H and O–H groups in total. The van der Waals surface area contributed by atoms with Crippen LogP contribution in [0.1, 0.15) is 83.5 Å². The zero-order valence-corrected chi connectivity index (χ0v) is 41.8. The van der Waals surface area contributed by atoms with Gasteiger partial charge in [-0.3, -0.25) is 15.0 Å². The topological polar surface area (TPSA) is 163 Å². The summed E-state index contributed by atoms with van der Waals surface area (Å²) in [6, 6.07) is 22.0. The van der Waals surface area contributed by atoms with E-state index in [-0.39, 0.29) is 0 Å². The first kappa shape index (κ1) is 48.2. The maximum absolute atomic E-state index is 13.2. The second kappa shape index (κ2) is 20.7. The fourth-order valence-corrected chi connectivity index (χ4v) is 17.5. The minimum Gasteiger partial charge on any atom is -0.312 e. The van der Waals surface area contributed by atoms with Gasteiger partial charge >= 0.3 is 0 Å². The molecule has 2 aliphatic carbocycles. The van der Waals surface area contributed by atoms with Gasteiger partial charge in [0.1, 0.15) is 0 Å². The van der Waals surface area contributed by atoms with Gasteiger partial charge in [0, 0.05) is 115 Å². The Morgan fingerprint density at radius 1 is 0.391 bits per heavy atom. The third-order valence-corrected chi connectivity index (χ3v) is 21.6. The Morgan fingerprint density at radius 2 is 0.725 bits per heavy atom. The molecule has 7 heterocycles. The highest BCUT2D eigenvalue weighted by molar-refractivity contribution is 7.90. The van der Waals surface area contributed by atoms with Gasteiger partial charge in [-0.1, -0.05) is 81.3 Å². The van der Waals surface area contributed by atoms with Gasteiger partial charge in [0.2, 0.25) is 30.1 Å². The molecule has 13 nitrogen and oxygen atoms in total. The smallest absolute Gasteiger partial charge is 0.243 e. The lowest BCUT2D eigenvalue weighted by atomic mass is 9.92. The molecule has 69 heavy (non-hydrogen) atoms. The van der Waals surface area contributed by atoms with E-state index in [1.807, 2.05) is 30.3 Å². The molecular formula is C53H65N7O6S3. The molecular weight excluding hydrogens is 927 g/mol. The molecule has 6 unspecified atom stereocenters. The van der Waals surface area contributed by atoms with E-state index in [2.05, 4.69) is 20.3 Å². The number of hydrogen-bond acceptors (Lipinski definition) is 10. The van der Waals surface area contributed by atoms with E-state index in [9.17, 15) is 25.3 Å². The number of nitrogens with zero attached hydrogens (tertiary/aromatic N) is 6. The number of fused-ring (bicyclic) bond motifs is 6. The summed E-state index contributed by atoms with van der Waals surface area (Å²) < 4.78 is 84.2. The average Bonchev–Trinajstić information content (AvgIpc) is 3.95. The van der Waals surface area contributed by atoms with Gasteiger partial charge in [0.05, 0.1) is 14.7 Å². The Hall–Kier alpha value is -4.42. The van der Waals surface area contributed by atoms with Gasteiger partial charge in [-0.05, 0) is 111 Å². The number of nitrogens with one attached hydrogen (secondary N) is 1. The van der Waals surface area contributed by atoms with E-state index in [0.29, 0.717) is 89.6 Å². The molecule has 6 fully saturated rings. The second-order valence-corrected chi connectivity index (χ2v) is 25.9. The fourth-order valence-electron chi connectivity index (χ4n) is 12.2. The van der Waals surface area contributed by atoms with E-state index < -0.39 is 30.1 Å². The quantitative estimate of drug-likeness (QED) is 0.171. The lowest BCUT2D eigenvalue weighted by Gasteiger charge is -2.18. The molecule has 2 saturated carbocycles. The molecule has 12 rings (SSSR count). The molecule has 366 valence electrons. The normalized spacial score (nSPS) is 26.1. The summed E-state index contributed by atoms with van der Waals surface area (Å²) in [5.74, 6) is 2.62. The average molecular weight is 992 g/mol. The third-order valence-electron chi connectivity index (χ3n) is 16.0. The summed E-state index contributed by atoms with van der Waals surface area (Å²) in [5, 5.41) is 8.43. The van der Waals surface area contributed by atoms with Crippen molar-refractivity contribution in [2.75, 3.05) is 45.8 Å². The minimum atomic E-state index is -3.47. The monoisotopic (exact) mass is 991 g/mol. The molecule has 0 amide bonds. The van der Waals surface area contributed by atoms with Crippen LogP contribution in [-0.4, -0.2) is 105 Å². The van der Waals surface area contributed by atoms with Crippen LogP contribution in [0.25, 0.3) is 32.3 Å². The summed E-state index contributed by atoms with van der Waals surface area (Å²) in [6.45, 7) is 4.96. The Bertz CT molecular complexity index is 2730. The number of pyridine rings is 3. The summed E-state index contributed by atoms with van der Waals surface area (Å²) >= 11 is 0. The molecule has 3 aromatic carbocycles. The number of sulfonamides is 3. The first-order valence-electron chi connectivity index (χ1n) is 25.2. The van der Waals surface area contributed by atoms with Crippen molar-refractivity contribution < 1.29 is 25.3 Å². The van der Waals surface area contributed by atoms with Crippen LogP contribution in [0, 0.1) is 29.6 Å². The second-order valence-electron chi connectivity index (χ2n) is 20.2. The van der Waals surface area contributed by atoms with Gasteiger partial charge in [-0.15, -0.1) is 0 Å². The fraction of sp³-hybridized carbons (Fsp3) is 0.491. The maximum Gasteiger partial charge on any atom is 0.243 e. The minimum absolute atomic E-state index is 0.295. The lowest BCUT2D eigenvalue weighted by molar-refractivity contribution is 0.397. The zero-order valence-electron chi connectivity index (χ0n) is 39.4. The summed E-state index contributed by atoms with van der Waals surface area (Å²) in [4.78, 5) is 13.5. The Labute approximate surface area is 408 Å². The van der Waals surface area contributed by atoms with Crippen LogP contribution < -0.4 is 5.32 Å². The molecule has 3 aromatic heterocycles. The van der Waals surface area contributed by atoms with Gasteiger partial charge in [0.15, 0.2) is 0 Å². The van der Waals surface area contributed by atoms with Crippen molar-refractivity contribution in [2.24, 2.45) is 29.6 Å². The van der Waals surface area contributed by atoms with E-state index in [4.69, 9.17) is 0 Å². The molecule has 4 saturated heterocycles. The SMILES string of the molecule is O=S(=O)(c1cccc2cnccc12)N1CC2CCCCCC2C1.O=S(=O)(c1cccc2cnccc12)N1CC2CCCCCC2C1.O=S(=O)(c1cccc2cnccc12)N1CC2CCCCNC2C1. The highest BCUT2D eigenvalue weighted by Gasteiger charge is 2.42. The van der Waals surface area contributed by atoms with Crippen molar-refractivity contribution in [3.05, 3.63) is 110 Å². The van der Waals surface area contributed by atoms with Crippen LogP contribution in [0.3, 0.4) is 0 Å². The Kier molecular flexibility index (Phi) is 14.5.